The molecule has 2 aromatic carbocycles. The molecule has 0 unspecified atom stereocenters. The molecule has 0 saturated heterocycles. The lowest BCUT2D eigenvalue weighted by atomic mass is 10.0. The summed E-state index contributed by atoms with van der Waals surface area (Å²) in [7, 11) is 0. The van der Waals surface area contributed by atoms with E-state index in [1.165, 1.54) is 43.7 Å². The number of unbranched alkanes of at least 4 members (excludes halogenated alkanes) is 4. The SMILES string of the molecule is CCCCCCCc1ccc(C(=O)Oc2ccc3oc(=O)ccc3c2)cc1. The molecule has 0 aliphatic rings. The van der Waals surface area contributed by atoms with Gasteiger partial charge in [0.1, 0.15) is 11.3 Å². The maximum atomic E-state index is 12.4. The van der Waals surface area contributed by atoms with Crippen molar-refractivity contribution in [3.05, 3.63) is 76.1 Å². The molecule has 4 heteroatoms. The van der Waals surface area contributed by atoms with Crippen LogP contribution in [0.4, 0.5) is 0 Å². The Kier molecular flexibility index (Phi) is 6.42. The average Bonchev–Trinajstić information content (AvgIpc) is 2.68. The lowest BCUT2D eigenvalue weighted by Gasteiger charge is -2.06. The van der Waals surface area contributed by atoms with Crippen molar-refractivity contribution in [3.8, 4) is 5.75 Å². The molecule has 1 aromatic heterocycles. The van der Waals surface area contributed by atoms with Crippen molar-refractivity contribution < 1.29 is 13.9 Å². The summed E-state index contributed by atoms with van der Waals surface area (Å²) in [6.45, 7) is 2.22. The van der Waals surface area contributed by atoms with Crippen LogP contribution in [-0.2, 0) is 6.42 Å². The Labute approximate surface area is 158 Å². The molecule has 4 nitrogen and oxygen atoms in total. The molecule has 0 saturated carbocycles. The quantitative estimate of drug-likeness (QED) is 0.228. The molecule has 27 heavy (non-hydrogen) atoms. The minimum absolute atomic E-state index is 0.402. The van der Waals surface area contributed by atoms with Crippen LogP contribution in [0, 0.1) is 0 Å². The van der Waals surface area contributed by atoms with Crippen molar-refractivity contribution in [2.24, 2.45) is 0 Å². The molecule has 1 heterocycles. The van der Waals surface area contributed by atoms with Crippen LogP contribution in [0.25, 0.3) is 11.0 Å². The van der Waals surface area contributed by atoms with Crippen molar-refractivity contribution in [2.45, 2.75) is 45.4 Å². The van der Waals surface area contributed by atoms with Crippen molar-refractivity contribution in [1.29, 1.82) is 0 Å². The van der Waals surface area contributed by atoms with Crippen molar-refractivity contribution in [1.82, 2.24) is 0 Å². The zero-order valence-corrected chi connectivity index (χ0v) is 15.6. The maximum absolute atomic E-state index is 12.4. The van der Waals surface area contributed by atoms with Crippen molar-refractivity contribution in [3.63, 3.8) is 0 Å². The highest BCUT2D eigenvalue weighted by atomic mass is 16.5. The maximum Gasteiger partial charge on any atom is 0.343 e. The highest BCUT2D eigenvalue weighted by molar-refractivity contribution is 5.91. The zero-order chi connectivity index (χ0) is 19.1. The second-order valence-electron chi connectivity index (χ2n) is 6.70. The molecular weight excluding hydrogens is 340 g/mol. The summed E-state index contributed by atoms with van der Waals surface area (Å²) < 4.78 is 10.5. The molecule has 0 spiro atoms. The van der Waals surface area contributed by atoms with Gasteiger partial charge in [0.05, 0.1) is 5.56 Å². The molecule has 3 rings (SSSR count). The Morgan fingerprint density at radius 1 is 0.926 bits per heavy atom. The smallest absolute Gasteiger partial charge is 0.343 e. The van der Waals surface area contributed by atoms with E-state index in [4.69, 9.17) is 9.15 Å². The lowest BCUT2D eigenvalue weighted by molar-refractivity contribution is 0.0735. The Hall–Kier alpha value is -2.88. The summed E-state index contributed by atoms with van der Waals surface area (Å²) >= 11 is 0. The fourth-order valence-electron chi connectivity index (χ4n) is 3.02. The molecule has 0 fully saturated rings. The van der Waals surface area contributed by atoms with Gasteiger partial charge in [0.15, 0.2) is 0 Å². The minimum atomic E-state index is -0.405. The predicted octanol–water partition coefficient (Wildman–Crippen LogP) is 5.53. The van der Waals surface area contributed by atoms with E-state index in [-0.39, 0.29) is 0 Å². The summed E-state index contributed by atoms with van der Waals surface area (Å²) in [5, 5.41) is 0.707. The number of carbonyl (C=O) groups is 1. The third-order valence-electron chi connectivity index (χ3n) is 4.56. The van der Waals surface area contributed by atoms with E-state index in [1.54, 1.807) is 24.3 Å². The van der Waals surface area contributed by atoms with Crippen LogP contribution in [0.5, 0.6) is 5.75 Å². The zero-order valence-electron chi connectivity index (χ0n) is 15.6. The summed E-state index contributed by atoms with van der Waals surface area (Å²) in [6.07, 6.45) is 7.30. The molecule has 0 aliphatic heterocycles. The van der Waals surface area contributed by atoms with E-state index in [9.17, 15) is 9.59 Å². The van der Waals surface area contributed by atoms with Crippen molar-refractivity contribution in [2.75, 3.05) is 0 Å². The summed E-state index contributed by atoms with van der Waals surface area (Å²) in [6, 6.07) is 15.5. The van der Waals surface area contributed by atoms with Crippen LogP contribution in [0.15, 0.2) is 63.8 Å². The number of benzene rings is 2. The van der Waals surface area contributed by atoms with Gasteiger partial charge >= 0.3 is 11.6 Å². The second-order valence-corrected chi connectivity index (χ2v) is 6.70. The monoisotopic (exact) mass is 364 g/mol. The van der Waals surface area contributed by atoms with E-state index in [0.717, 1.165) is 6.42 Å². The standard InChI is InChI=1S/C23H24O4/c1-2-3-4-5-6-7-17-8-10-18(11-9-17)23(25)26-20-13-14-21-19(16-20)12-15-22(24)27-21/h8-16H,2-7H2,1H3. The van der Waals surface area contributed by atoms with Gasteiger partial charge in [-0.05, 0) is 54.8 Å². The normalized spacial score (nSPS) is 10.9. The van der Waals surface area contributed by atoms with Gasteiger partial charge in [0.2, 0.25) is 0 Å². The van der Waals surface area contributed by atoms with E-state index in [2.05, 4.69) is 6.92 Å². The Bertz CT molecular complexity index is 954. The van der Waals surface area contributed by atoms with Gasteiger partial charge in [-0.3, -0.25) is 0 Å². The molecule has 0 bridgehead atoms. The van der Waals surface area contributed by atoms with E-state index >= 15 is 0 Å². The minimum Gasteiger partial charge on any atom is -0.423 e. The van der Waals surface area contributed by atoms with Gasteiger partial charge in [-0.2, -0.15) is 0 Å². The topological polar surface area (TPSA) is 56.5 Å². The molecule has 0 atom stereocenters. The number of rotatable bonds is 8. The van der Waals surface area contributed by atoms with E-state index < -0.39 is 11.6 Å². The Morgan fingerprint density at radius 3 is 2.48 bits per heavy atom. The van der Waals surface area contributed by atoms with E-state index in [1.807, 2.05) is 24.3 Å². The number of hydrogen-bond acceptors (Lipinski definition) is 4. The fourth-order valence-corrected chi connectivity index (χ4v) is 3.02. The third kappa shape index (κ3) is 5.30. The van der Waals surface area contributed by atoms with Gasteiger partial charge in [-0.25, -0.2) is 9.59 Å². The fraction of sp³-hybridized carbons (Fsp3) is 0.304. The second kappa shape index (κ2) is 9.17. The summed E-state index contributed by atoms with van der Waals surface area (Å²) in [4.78, 5) is 23.6. The van der Waals surface area contributed by atoms with Crippen LogP contribution in [0.2, 0.25) is 0 Å². The van der Waals surface area contributed by atoms with Crippen LogP contribution in [-0.4, -0.2) is 5.97 Å². The van der Waals surface area contributed by atoms with Gasteiger partial charge in [0.25, 0.3) is 0 Å². The summed E-state index contributed by atoms with van der Waals surface area (Å²) in [5.74, 6) is 0.0163. The van der Waals surface area contributed by atoms with Crippen LogP contribution in [0.3, 0.4) is 0 Å². The molecule has 0 aliphatic carbocycles. The van der Waals surface area contributed by atoms with Gasteiger partial charge in [0, 0.05) is 11.5 Å². The van der Waals surface area contributed by atoms with Crippen LogP contribution >= 0.6 is 0 Å². The summed E-state index contributed by atoms with van der Waals surface area (Å²) in [5.41, 5.74) is 1.82. The number of hydrogen-bond donors (Lipinski definition) is 0. The highest BCUT2D eigenvalue weighted by Crippen LogP contribution is 2.21. The molecule has 0 N–H and O–H groups in total. The van der Waals surface area contributed by atoms with Crippen LogP contribution in [0.1, 0.15) is 54.9 Å². The van der Waals surface area contributed by atoms with Gasteiger partial charge < -0.3 is 9.15 Å². The number of aryl methyl sites for hydroxylation is 1. The first-order chi connectivity index (χ1) is 13.2. The van der Waals surface area contributed by atoms with Crippen molar-refractivity contribution >= 4 is 16.9 Å². The molecular formula is C23H24O4. The average molecular weight is 364 g/mol. The third-order valence-corrected chi connectivity index (χ3v) is 4.56. The molecule has 0 radical (unpaired) electrons. The van der Waals surface area contributed by atoms with Crippen LogP contribution < -0.4 is 10.4 Å². The Balaban J connectivity index is 1.59. The van der Waals surface area contributed by atoms with E-state index in [0.29, 0.717) is 22.3 Å². The highest BCUT2D eigenvalue weighted by Gasteiger charge is 2.09. The lowest BCUT2D eigenvalue weighted by Crippen LogP contribution is -2.08. The number of ether oxygens (including phenoxy) is 1. The largest absolute Gasteiger partial charge is 0.423 e. The Morgan fingerprint density at radius 2 is 1.70 bits per heavy atom. The number of fused-ring (bicyclic) bond motifs is 1. The molecule has 3 aromatic rings. The first-order valence-corrected chi connectivity index (χ1v) is 9.51. The first-order valence-electron chi connectivity index (χ1n) is 9.51. The van der Waals surface area contributed by atoms with Gasteiger partial charge in [-0.1, -0.05) is 44.7 Å². The molecule has 140 valence electrons. The first kappa shape index (κ1) is 18.9. The predicted molar refractivity (Wildman–Crippen MR) is 106 cm³/mol. The number of carbonyl (C=O) groups excluding carboxylic acids is 1. The van der Waals surface area contributed by atoms with Gasteiger partial charge in [-0.15, -0.1) is 0 Å². The number of esters is 1. The molecule has 0 amide bonds.